The highest BCUT2D eigenvalue weighted by Crippen LogP contribution is 2.25. The number of amides is 1. The molecule has 0 heterocycles. The summed E-state index contributed by atoms with van der Waals surface area (Å²) in [4.78, 5) is 11.6. The summed E-state index contributed by atoms with van der Waals surface area (Å²) in [6, 6.07) is 10.1. The number of alkyl carbamates (subject to hydrolysis) is 1. The Bertz CT molecular complexity index is 373. The lowest BCUT2D eigenvalue weighted by Crippen LogP contribution is -2.34. The van der Waals surface area contributed by atoms with Crippen molar-refractivity contribution in [3.8, 4) is 0 Å². The molecule has 1 atom stereocenters. The topological polar surface area (TPSA) is 38.3 Å². The van der Waals surface area contributed by atoms with Crippen LogP contribution >= 0.6 is 11.8 Å². The molecule has 0 fully saturated rings. The molecule has 0 aliphatic carbocycles. The minimum Gasteiger partial charge on any atom is -0.444 e. The van der Waals surface area contributed by atoms with E-state index in [0.717, 1.165) is 0 Å². The van der Waals surface area contributed by atoms with E-state index in [1.54, 1.807) is 11.8 Å². The zero-order valence-corrected chi connectivity index (χ0v) is 12.2. The number of carbonyl (C=O) groups excluding carboxylic acids is 1. The molecule has 0 bridgehead atoms. The fraction of sp³-hybridized carbons (Fsp3) is 0.500. The Hall–Kier alpha value is -1.16. The highest BCUT2D eigenvalue weighted by atomic mass is 32.2. The summed E-state index contributed by atoms with van der Waals surface area (Å²) < 4.78 is 5.21. The van der Waals surface area contributed by atoms with Gasteiger partial charge in [-0.1, -0.05) is 30.3 Å². The van der Waals surface area contributed by atoms with E-state index in [0.29, 0.717) is 6.54 Å². The van der Waals surface area contributed by atoms with E-state index in [-0.39, 0.29) is 11.3 Å². The van der Waals surface area contributed by atoms with Gasteiger partial charge in [0.05, 0.1) is 0 Å². The lowest BCUT2D eigenvalue weighted by molar-refractivity contribution is 0.0528. The van der Waals surface area contributed by atoms with Gasteiger partial charge in [-0.25, -0.2) is 4.79 Å². The first-order valence-corrected chi connectivity index (χ1v) is 7.26. The van der Waals surface area contributed by atoms with Crippen LogP contribution in [-0.2, 0) is 4.74 Å². The van der Waals surface area contributed by atoms with Crippen LogP contribution in [0.3, 0.4) is 0 Å². The van der Waals surface area contributed by atoms with Crippen molar-refractivity contribution in [2.75, 3.05) is 12.8 Å². The standard InChI is InChI=1S/C14H21NO2S/c1-14(2,3)17-13(16)15-10-12(18-4)11-8-6-5-7-9-11/h5-9,12H,10H2,1-4H3,(H,15,16). The Morgan fingerprint density at radius 1 is 1.33 bits per heavy atom. The van der Waals surface area contributed by atoms with Gasteiger partial charge in [0, 0.05) is 11.8 Å². The molecular weight excluding hydrogens is 246 g/mol. The van der Waals surface area contributed by atoms with Crippen molar-refractivity contribution >= 4 is 17.9 Å². The van der Waals surface area contributed by atoms with Gasteiger partial charge in [0.15, 0.2) is 0 Å². The van der Waals surface area contributed by atoms with Crippen molar-refractivity contribution in [2.45, 2.75) is 31.6 Å². The van der Waals surface area contributed by atoms with Crippen LogP contribution in [0.5, 0.6) is 0 Å². The van der Waals surface area contributed by atoms with Gasteiger partial charge in [0.1, 0.15) is 5.60 Å². The number of hydrogen-bond donors (Lipinski definition) is 1. The van der Waals surface area contributed by atoms with Gasteiger partial charge in [-0.2, -0.15) is 11.8 Å². The third kappa shape index (κ3) is 5.45. The smallest absolute Gasteiger partial charge is 0.407 e. The zero-order valence-electron chi connectivity index (χ0n) is 11.4. The molecule has 1 aromatic rings. The predicted molar refractivity (Wildman–Crippen MR) is 76.9 cm³/mol. The van der Waals surface area contributed by atoms with Crippen LogP contribution in [0.15, 0.2) is 30.3 Å². The first-order chi connectivity index (χ1) is 8.42. The van der Waals surface area contributed by atoms with Crippen LogP contribution in [0.2, 0.25) is 0 Å². The van der Waals surface area contributed by atoms with Gasteiger partial charge in [0.25, 0.3) is 0 Å². The Balaban J connectivity index is 2.48. The highest BCUT2D eigenvalue weighted by Gasteiger charge is 2.17. The molecule has 3 nitrogen and oxygen atoms in total. The van der Waals surface area contributed by atoms with Crippen LogP contribution < -0.4 is 5.32 Å². The maximum Gasteiger partial charge on any atom is 0.407 e. The SMILES string of the molecule is CSC(CNC(=O)OC(C)(C)C)c1ccccc1. The fourth-order valence-corrected chi connectivity index (χ4v) is 2.17. The van der Waals surface area contributed by atoms with Crippen molar-refractivity contribution < 1.29 is 9.53 Å². The molecule has 0 saturated heterocycles. The third-order valence-corrected chi connectivity index (χ3v) is 3.29. The molecule has 4 heteroatoms. The normalized spacial score (nSPS) is 12.9. The second-order valence-corrected chi connectivity index (χ2v) is 6.06. The maximum atomic E-state index is 11.6. The van der Waals surface area contributed by atoms with E-state index in [2.05, 4.69) is 17.4 Å². The number of hydrogen-bond acceptors (Lipinski definition) is 3. The van der Waals surface area contributed by atoms with E-state index in [1.807, 2.05) is 45.2 Å². The summed E-state index contributed by atoms with van der Waals surface area (Å²) in [7, 11) is 0. The van der Waals surface area contributed by atoms with E-state index < -0.39 is 5.60 Å². The Kier molecular flexibility index (Phi) is 5.54. The van der Waals surface area contributed by atoms with Gasteiger partial charge in [-0.15, -0.1) is 0 Å². The minimum atomic E-state index is -0.453. The Labute approximate surface area is 113 Å². The van der Waals surface area contributed by atoms with Crippen molar-refractivity contribution in [2.24, 2.45) is 0 Å². The molecule has 0 aliphatic heterocycles. The Morgan fingerprint density at radius 3 is 2.44 bits per heavy atom. The quantitative estimate of drug-likeness (QED) is 0.905. The molecule has 1 rings (SSSR count). The molecule has 1 aromatic carbocycles. The Morgan fingerprint density at radius 2 is 1.94 bits per heavy atom. The van der Waals surface area contributed by atoms with Crippen LogP contribution in [0, 0.1) is 0 Å². The minimum absolute atomic E-state index is 0.249. The number of thioether (sulfide) groups is 1. The van der Waals surface area contributed by atoms with Crippen molar-refractivity contribution in [1.29, 1.82) is 0 Å². The van der Waals surface area contributed by atoms with Crippen LogP contribution in [0.1, 0.15) is 31.6 Å². The predicted octanol–water partition coefficient (Wildman–Crippen LogP) is 3.62. The van der Waals surface area contributed by atoms with E-state index in [4.69, 9.17) is 4.74 Å². The first-order valence-electron chi connectivity index (χ1n) is 5.97. The van der Waals surface area contributed by atoms with Gasteiger partial charge < -0.3 is 10.1 Å². The highest BCUT2D eigenvalue weighted by molar-refractivity contribution is 7.98. The van der Waals surface area contributed by atoms with E-state index in [9.17, 15) is 4.79 Å². The fourth-order valence-electron chi connectivity index (χ4n) is 1.50. The van der Waals surface area contributed by atoms with Gasteiger partial charge in [-0.05, 0) is 32.6 Å². The van der Waals surface area contributed by atoms with Crippen LogP contribution in [0.25, 0.3) is 0 Å². The monoisotopic (exact) mass is 267 g/mol. The molecule has 100 valence electrons. The molecule has 1 amide bonds. The molecule has 1 unspecified atom stereocenters. The molecular formula is C14H21NO2S. The zero-order chi connectivity index (χ0) is 13.6. The van der Waals surface area contributed by atoms with Crippen molar-refractivity contribution in [3.05, 3.63) is 35.9 Å². The van der Waals surface area contributed by atoms with Crippen molar-refractivity contribution in [3.63, 3.8) is 0 Å². The lowest BCUT2D eigenvalue weighted by atomic mass is 10.1. The second-order valence-electron chi connectivity index (χ2n) is 5.02. The van der Waals surface area contributed by atoms with Gasteiger partial charge in [-0.3, -0.25) is 0 Å². The number of nitrogens with one attached hydrogen (secondary N) is 1. The summed E-state index contributed by atoms with van der Waals surface area (Å²) in [5.41, 5.74) is 0.757. The van der Waals surface area contributed by atoms with Gasteiger partial charge in [0.2, 0.25) is 0 Å². The summed E-state index contributed by atoms with van der Waals surface area (Å²) in [5, 5.41) is 3.06. The maximum absolute atomic E-state index is 11.6. The summed E-state index contributed by atoms with van der Waals surface area (Å²) in [6.45, 7) is 6.14. The molecule has 0 saturated carbocycles. The number of ether oxygens (including phenoxy) is 1. The molecule has 18 heavy (non-hydrogen) atoms. The number of carbonyl (C=O) groups is 1. The largest absolute Gasteiger partial charge is 0.444 e. The number of rotatable bonds is 4. The van der Waals surface area contributed by atoms with Crippen molar-refractivity contribution in [1.82, 2.24) is 5.32 Å². The van der Waals surface area contributed by atoms with Gasteiger partial charge >= 0.3 is 6.09 Å². The first kappa shape index (κ1) is 14.9. The average Bonchev–Trinajstić information content (AvgIpc) is 2.29. The second kappa shape index (κ2) is 6.69. The summed E-state index contributed by atoms with van der Waals surface area (Å²) in [5.74, 6) is 0. The molecule has 0 aromatic heterocycles. The molecule has 1 N–H and O–H groups in total. The van der Waals surface area contributed by atoms with E-state index >= 15 is 0 Å². The lowest BCUT2D eigenvalue weighted by Gasteiger charge is -2.21. The molecule has 0 aliphatic rings. The van der Waals surface area contributed by atoms with E-state index in [1.165, 1.54) is 5.56 Å². The third-order valence-electron chi connectivity index (χ3n) is 2.29. The summed E-state index contributed by atoms with van der Waals surface area (Å²) in [6.07, 6.45) is 1.67. The summed E-state index contributed by atoms with van der Waals surface area (Å²) >= 11 is 1.71. The molecule has 0 radical (unpaired) electrons. The number of benzene rings is 1. The van der Waals surface area contributed by atoms with Crippen LogP contribution in [-0.4, -0.2) is 24.5 Å². The molecule has 0 spiro atoms. The average molecular weight is 267 g/mol. The van der Waals surface area contributed by atoms with Crippen LogP contribution in [0.4, 0.5) is 4.79 Å².